The summed E-state index contributed by atoms with van der Waals surface area (Å²) < 4.78 is 0. The topological polar surface area (TPSA) is 15.3 Å². The zero-order chi connectivity index (χ0) is 10.4. The number of nitrogens with zero attached hydrogens (tertiary/aromatic N) is 1. The summed E-state index contributed by atoms with van der Waals surface area (Å²) in [7, 11) is 2.01. The average molecular weight is 196 g/mol. The molecule has 1 rings (SSSR count). The average Bonchev–Trinajstić information content (AvgIpc) is 2.25. The van der Waals surface area contributed by atoms with Gasteiger partial charge in [-0.2, -0.15) is 0 Å². The van der Waals surface area contributed by atoms with Gasteiger partial charge in [0, 0.05) is 6.04 Å². The van der Waals surface area contributed by atoms with Gasteiger partial charge in [-0.3, -0.25) is 4.90 Å². The standard InChI is InChI=1S/C12H24N2/c1-4-14-10-6-5-7-12(14)11(2)8-9-13-3/h12-13H,2,4-10H2,1,3H3. The summed E-state index contributed by atoms with van der Waals surface area (Å²) in [6, 6.07) is 0.655. The number of nitrogens with one attached hydrogen (secondary N) is 1. The third-order valence-corrected chi connectivity index (χ3v) is 3.19. The Bertz CT molecular complexity index is 177. The Hall–Kier alpha value is -0.340. The molecule has 0 aromatic heterocycles. The van der Waals surface area contributed by atoms with Gasteiger partial charge < -0.3 is 5.32 Å². The van der Waals surface area contributed by atoms with Crippen LogP contribution in [0, 0.1) is 0 Å². The molecule has 1 heterocycles. The number of piperidine rings is 1. The van der Waals surface area contributed by atoms with Crippen molar-refractivity contribution in [2.24, 2.45) is 0 Å². The summed E-state index contributed by atoms with van der Waals surface area (Å²) in [6.45, 7) is 9.98. The number of hydrogen-bond acceptors (Lipinski definition) is 2. The first-order valence-electron chi connectivity index (χ1n) is 5.86. The SMILES string of the molecule is C=C(CCNC)C1CCCCN1CC. The normalized spacial score (nSPS) is 23.7. The molecular formula is C12H24N2. The van der Waals surface area contributed by atoms with Gasteiger partial charge in [0.25, 0.3) is 0 Å². The first-order valence-corrected chi connectivity index (χ1v) is 5.86. The molecule has 0 saturated carbocycles. The van der Waals surface area contributed by atoms with Crippen molar-refractivity contribution in [2.45, 2.75) is 38.6 Å². The second kappa shape index (κ2) is 6.20. The molecule has 2 heteroatoms. The molecule has 0 spiro atoms. The summed E-state index contributed by atoms with van der Waals surface area (Å²) in [4.78, 5) is 2.57. The summed E-state index contributed by atoms with van der Waals surface area (Å²) in [6.07, 6.45) is 5.18. The highest BCUT2D eigenvalue weighted by Crippen LogP contribution is 2.23. The molecule has 0 radical (unpaired) electrons. The van der Waals surface area contributed by atoms with Crippen molar-refractivity contribution in [1.82, 2.24) is 10.2 Å². The molecule has 1 saturated heterocycles. The van der Waals surface area contributed by atoms with Crippen LogP contribution < -0.4 is 5.32 Å². The number of hydrogen-bond donors (Lipinski definition) is 1. The quantitative estimate of drug-likeness (QED) is 0.677. The number of likely N-dealkylation sites (N-methyl/N-ethyl adjacent to an activating group) is 1. The fourth-order valence-electron chi connectivity index (χ4n) is 2.28. The zero-order valence-corrected chi connectivity index (χ0v) is 9.68. The fourth-order valence-corrected chi connectivity index (χ4v) is 2.28. The molecule has 1 fully saturated rings. The van der Waals surface area contributed by atoms with E-state index in [-0.39, 0.29) is 0 Å². The van der Waals surface area contributed by atoms with Crippen LogP contribution in [-0.4, -0.2) is 37.6 Å². The van der Waals surface area contributed by atoms with Gasteiger partial charge in [0.05, 0.1) is 0 Å². The monoisotopic (exact) mass is 196 g/mol. The molecule has 1 atom stereocenters. The molecule has 0 aliphatic carbocycles. The van der Waals surface area contributed by atoms with Gasteiger partial charge in [-0.15, -0.1) is 0 Å². The Kier molecular flexibility index (Phi) is 5.20. The maximum atomic E-state index is 4.23. The minimum Gasteiger partial charge on any atom is -0.319 e. The van der Waals surface area contributed by atoms with Gasteiger partial charge in [-0.1, -0.05) is 25.5 Å². The molecule has 0 aromatic rings. The van der Waals surface area contributed by atoms with Crippen molar-refractivity contribution in [2.75, 3.05) is 26.7 Å². The molecular weight excluding hydrogens is 172 g/mol. The maximum Gasteiger partial charge on any atom is 0.0305 e. The van der Waals surface area contributed by atoms with E-state index >= 15 is 0 Å². The molecule has 82 valence electrons. The van der Waals surface area contributed by atoms with E-state index in [4.69, 9.17) is 0 Å². The van der Waals surface area contributed by atoms with Crippen LogP contribution in [-0.2, 0) is 0 Å². The van der Waals surface area contributed by atoms with Crippen molar-refractivity contribution in [3.63, 3.8) is 0 Å². The molecule has 14 heavy (non-hydrogen) atoms. The van der Waals surface area contributed by atoms with Crippen LogP contribution >= 0.6 is 0 Å². The van der Waals surface area contributed by atoms with Gasteiger partial charge >= 0.3 is 0 Å². The summed E-state index contributed by atoms with van der Waals surface area (Å²) in [5.41, 5.74) is 1.42. The van der Waals surface area contributed by atoms with E-state index in [2.05, 4.69) is 23.7 Å². The molecule has 1 N–H and O–H groups in total. The van der Waals surface area contributed by atoms with Gasteiger partial charge in [0.2, 0.25) is 0 Å². The smallest absolute Gasteiger partial charge is 0.0305 e. The molecule has 0 aromatic carbocycles. The van der Waals surface area contributed by atoms with E-state index < -0.39 is 0 Å². The van der Waals surface area contributed by atoms with Crippen LogP contribution in [0.15, 0.2) is 12.2 Å². The summed E-state index contributed by atoms with van der Waals surface area (Å²) >= 11 is 0. The van der Waals surface area contributed by atoms with E-state index in [1.807, 2.05) is 7.05 Å². The van der Waals surface area contributed by atoms with Crippen molar-refractivity contribution in [1.29, 1.82) is 0 Å². The van der Waals surface area contributed by atoms with Crippen LogP contribution in [0.1, 0.15) is 32.6 Å². The molecule has 1 unspecified atom stereocenters. The van der Waals surface area contributed by atoms with Crippen molar-refractivity contribution in [3.8, 4) is 0 Å². The second-order valence-corrected chi connectivity index (χ2v) is 4.15. The van der Waals surface area contributed by atoms with Crippen molar-refractivity contribution >= 4 is 0 Å². The summed E-state index contributed by atoms with van der Waals surface area (Å²) in [5, 5.41) is 3.19. The largest absolute Gasteiger partial charge is 0.319 e. The Balaban J connectivity index is 2.41. The third-order valence-electron chi connectivity index (χ3n) is 3.19. The van der Waals surface area contributed by atoms with E-state index in [0.29, 0.717) is 6.04 Å². The van der Waals surface area contributed by atoms with E-state index in [1.165, 1.54) is 37.9 Å². The first-order chi connectivity index (χ1) is 6.79. The predicted octanol–water partition coefficient (Wildman–Crippen LogP) is 2.03. The van der Waals surface area contributed by atoms with Gasteiger partial charge in [0.1, 0.15) is 0 Å². The first kappa shape index (κ1) is 11.7. The minimum atomic E-state index is 0.655. The third kappa shape index (κ3) is 3.10. The van der Waals surface area contributed by atoms with Crippen molar-refractivity contribution in [3.05, 3.63) is 12.2 Å². The van der Waals surface area contributed by atoms with Gasteiger partial charge in [-0.05, 0) is 45.9 Å². The van der Waals surface area contributed by atoms with Crippen LogP contribution in [0.4, 0.5) is 0 Å². The number of rotatable bonds is 5. The molecule has 2 nitrogen and oxygen atoms in total. The highest BCUT2D eigenvalue weighted by molar-refractivity contribution is 5.07. The lowest BCUT2D eigenvalue weighted by molar-refractivity contribution is 0.178. The van der Waals surface area contributed by atoms with Crippen LogP contribution in [0.25, 0.3) is 0 Å². The Labute approximate surface area is 88.4 Å². The fraction of sp³-hybridized carbons (Fsp3) is 0.833. The van der Waals surface area contributed by atoms with E-state index in [9.17, 15) is 0 Å². The van der Waals surface area contributed by atoms with Crippen molar-refractivity contribution < 1.29 is 0 Å². The van der Waals surface area contributed by atoms with Crippen LogP contribution in [0.3, 0.4) is 0 Å². The predicted molar refractivity (Wildman–Crippen MR) is 62.6 cm³/mol. The highest BCUT2D eigenvalue weighted by atomic mass is 15.2. The lowest BCUT2D eigenvalue weighted by Crippen LogP contribution is -2.40. The Morgan fingerprint density at radius 2 is 2.29 bits per heavy atom. The Morgan fingerprint density at radius 3 is 2.93 bits per heavy atom. The maximum absolute atomic E-state index is 4.23. The lowest BCUT2D eigenvalue weighted by Gasteiger charge is -2.36. The molecule has 1 aliphatic rings. The molecule has 1 aliphatic heterocycles. The summed E-state index contributed by atoms with van der Waals surface area (Å²) in [5.74, 6) is 0. The highest BCUT2D eigenvalue weighted by Gasteiger charge is 2.22. The number of likely N-dealkylation sites (tertiary alicyclic amines) is 1. The van der Waals surface area contributed by atoms with Gasteiger partial charge in [-0.25, -0.2) is 0 Å². The zero-order valence-electron chi connectivity index (χ0n) is 9.68. The molecule has 0 bridgehead atoms. The second-order valence-electron chi connectivity index (χ2n) is 4.15. The van der Waals surface area contributed by atoms with E-state index in [0.717, 1.165) is 13.0 Å². The lowest BCUT2D eigenvalue weighted by atomic mass is 9.94. The van der Waals surface area contributed by atoms with Crippen LogP contribution in [0.5, 0.6) is 0 Å². The molecule has 0 amide bonds. The minimum absolute atomic E-state index is 0.655. The van der Waals surface area contributed by atoms with E-state index in [1.54, 1.807) is 0 Å². The van der Waals surface area contributed by atoms with Crippen LogP contribution in [0.2, 0.25) is 0 Å². The Morgan fingerprint density at radius 1 is 1.50 bits per heavy atom. The van der Waals surface area contributed by atoms with Gasteiger partial charge in [0.15, 0.2) is 0 Å².